The molecule has 0 saturated carbocycles. The van der Waals surface area contributed by atoms with E-state index in [1.807, 2.05) is 25.1 Å². The number of carbonyl (C=O) groups excluding carboxylic acids is 1. The molecule has 0 aliphatic rings. The number of hydrogen-bond donors (Lipinski definition) is 3. The van der Waals surface area contributed by atoms with Crippen LogP contribution in [-0.4, -0.2) is 50.1 Å². The molecule has 1 unspecified atom stereocenters. The van der Waals surface area contributed by atoms with Crippen LogP contribution in [0.15, 0.2) is 40.8 Å². The Kier molecular flexibility index (Phi) is 12.5. The number of ether oxygens (including phenoxy) is 1. The lowest BCUT2D eigenvalue weighted by atomic mass is 10.2. The fraction of sp³-hybridized carbons (Fsp3) is 0.450. The number of aromatic nitrogens is 1. The highest BCUT2D eigenvalue weighted by molar-refractivity contribution is 14.0. The SMILES string of the molecule is CN=C(NCCNC(=O)c1scnc1C)NCC(C)COCc1ccccc1.I. The molecule has 160 valence electrons. The summed E-state index contributed by atoms with van der Waals surface area (Å²) in [5.74, 6) is 0.961. The monoisotopic (exact) mass is 531 g/mol. The molecule has 1 aromatic carbocycles. The Balaban J connectivity index is 0.00000420. The zero-order chi connectivity index (χ0) is 20.2. The topological polar surface area (TPSA) is 87.6 Å². The molecule has 0 fully saturated rings. The van der Waals surface area contributed by atoms with Crippen LogP contribution in [0.2, 0.25) is 0 Å². The average Bonchev–Trinajstić information content (AvgIpc) is 3.14. The molecule has 2 rings (SSSR count). The molecule has 0 spiro atoms. The molecule has 1 amide bonds. The predicted molar refractivity (Wildman–Crippen MR) is 129 cm³/mol. The lowest BCUT2D eigenvalue weighted by Crippen LogP contribution is -2.43. The number of aliphatic imine (C=N–C) groups is 1. The molecule has 0 radical (unpaired) electrons. The molecule has 2 aromatic rings. The van der Waals surface area contributed by atoms with E-state index < -0.39 is 0 Å². The van der Waals surface area contributed by atoms with E-state index in [4.69, 9.17) is 4.74 Å². The van der Waals surface area contributed by atoms with E-state index in [2.05, 4.69) is 45.0 Å². The summed E-state index contributed by atoms with van der Waals surface area (Å²) in [6, 6.07) is 10.1. The van der Waals surface area contributed by atoms with Gasteiger partial charge in [0.15, 0.2) is 5.96 Å². The molecule has 1 heterocycles. The molecular weight excluding hydrogens is 501 g/mol. The van der Waals surface area contributed by atoms with Gasteiger partial charge in [-0.15, -0.1) is 35.3 Å². The third-order valence-corrected chi connectivity index (χ3v) is 4.94. The van der Waals surface area contributed by atoms with E-state index in [1.54, 1.807) is 12.6 Å². The lowest BCUT2D eigenvalue weighted by Gasteiger charge is -2.16. The Bertz CT molecular complexity index is 754. The summed E-state index contributed by atoms with van der Waals surface area (Å²) in [6.07, 6.45) is 0. The van der Waals surface area contributed by atoms with Gasteiger partial charge in [0.05, 0.1) is 24.4 Å². The Morgan fingerprint density at radius 2 is 1.93 bits per heavy atom. The predicted octanol–water partition coefficient (Wildman–Crippen LogP) is 2.82. The van der Waals surface area contributed by atoms with Crippen LogP contribution >= 0.6 is 35.3 Å². The summed E-state index contributed by atoms with van der Waals surface area (Å²) in [7, 11) is 1.73. The van der Waals surface area contributed by atoms with E-state index >= 15 is 0 Å². The third-order valence-electron chi connectivity index (χ3n) is 4.01. The van der Waals surface area contributed by atoms with Gasteiger partial charge < -0.3 is 20.7 Å². The van der Waals surface area contributed by atoms with Crippen molar-refractivity contribution < 1.29 is 9.53 Å². The maximum atomic E-state index is 12.0. The summed E-state index contributed by atoms with van der Waals surface area (Å²) in [5, 5.41) is 9.35. The molecule has 7 nitrogen and oxygen atoms in total. The molecule has 3 N–H and O–H groups in total. The number of benzene rings is 1. The van der Waals surface area contributed by atoms with Crippen LogP contribution in [0.4, 0.5) is 0 Å². The normalized spacial score (nSPS) is 12.0. The molecule has 0 saturated heterocycles. The standard InChI is InChI=1S/C20H29N5O2S.HI/c1-15(12-27-13-17-7-5-4-6-8-17)11-24-20(21-3)23-10-9-22-19(26)18-16(2)25-14-28-18;/h4-8,14-15H,9-13H2,1-3H3,(H,22,26)(H2,21,23,24);1H. The number of nitrogens with one attached hydrogen (secondary N) is 3. The number of hydrogen-bond acceptors (Lipinski definition) is 5. The number of carbonyl (C=O) groups is 1. The number of guanidine groups is 1. The largest absolute Gasteiger partial charge is 0.376 e. The summed E-state index contributed by atoms with van der Waals surface area (Å²) < 4.78 is 5.77. The minimum atomic E-state index is -0.0890. The number of rotatable bonds is 10. The summed E-state index contributed by atoms with van der Waals surface area (Å²) in [4.78, 5) is 21.0. The summed E-state index contributed by atoms with van der Waals surface area (Å²) >= 11 is 1.35. The highest BCUT2D eigenvalue weighted by Gasteiger charge is 2.10. The smallest absolute Gasteiger partial charge is 0.263 e. The number of aryl methyl sites for hydroxylation is 1. The van der Waals surface area contributed by atoms with Crippen molar-refractivity contribution in [3.8, 4) is 0 Å². The second-order valence-electron chi connectivity index (χ2n) is 6.51. The van der Waals surface area contributed by atoms with Crippen LogP contribution in [0.3, 0.4) is 0 Å². The maximum Gasteiger partial charge on any atom is 0.263 e. The lowest BCUT2D eigenvalue weighted by molar-refractivity contribution is 0.0930. The van der Waals surface area contributed by atoms with Gasteiger partial charge in [-0.05, 0) is 18.4 Å². The number of amides is 1. The van der Waals surface area contributed by atoms with Crippen LogP contribution in [0.25, 0.3) is 0 Å². The number of nitrogens with zero attached hydrogens (tertiary/aromatic N) is 2. The number of halogens is 1. The summed E-state index contributed by atoms with van der Waals surface area (Å²) in [5.41, 5.74) is 3.62. The van der Waals surface area contributed by atoms with Gasteiger partial charge >= 0.3 is 0 Å². The van der Waals surface area contributed by atoms with Crippen molar-refractivity contribution in [3.63, 3.8) is 0 Å². The van der Waals surface area contributed by atoms with Crippen molar-refractivity contribution in [1.29, 1.82) is 0 Å². The molecule has 1 aromatic heterocycles. The maximum absolute atomic E-state index is 12.0. The molecule has 0 aliphatic carbocycles. The molecular formula is C20H30IN5O2S. The van der Waals surface area contributed by atoms with Crippen LogP contribution < -0.4 is 16.0 Å². The minimum Gasteiger partial charge on any atom is -0.376 e. The van der Waals surface area contributed by atoms with Crippen LogP contribution in [0.1, 0.15) is 27.9 Å². The molecule has 0 bridgehead atoms. The first kappa shape index (κ1) is 25.3. The van der Waals surface area contributed by atoms with Crippen molar-refractivity contribution in [2.24, 2.45) is 10.9 Å². The van der Waals surface area contributed by atoms with E-state index in [0.717, 1.165) is 12.2 Å². The zero-order valence-electron chi connectivity index (χ0n) is 17.1. The summed E-state index contributed by atoms with van der Waals surface area (Å²) in [6.45, 7) is 7.10. The first-order valence-corrected chi connectivity index (χ1v) is 10.2. The first-order valence-electron chi connectivity index (χ1n) is 9.34. The second kappa shape index (κ2) is 14.3. The Labute approximate surface area is 193 Å². The van der Waals surface area contributed by atoms with Crippen LogP contribution in [0, 0.1) is 12.8 Å². The van der Waals surface area contributed by atoms with Gasteiger partial charge in [-0.3, -0.25) is 9.79 Å². The van der Waals surface area contributed by atoms with Crippen molar-refractivity contribution in [1.82, 2.24) is 20.9 Å². The van der Waals surface area contributed by atoms with Gasteiger partial charge in [0.2, 0.25) is 0 Å². The molecule has 1 atom stereocenters. The fourth-order valence-electron chi connectivity index (χ4n) is 2.46. The van der Waals surface area contributed by atoms with E-state index in [1.165, 1.54) is 16.9 Å². The highest BCUT2D eigenvalue weighted by atomic mass is 127. The second-order valence-corrected chi connectivity index (χ2v) is 7.36. The quantitative estimate of drug-likeness (QED) is 0.190. The first-order chi connectivity index (χ1) is 13.6. The van der Waals surface area contributed by atoms with Crippen LogP contribution in [-0.2, 0) is 11.3 Å². The highest BCUT2D eigenvalue weighted by Crippen LogP contribution is 2.11. The Morgan fingerprint density at radius 3 is 2.59 bits per heavy atom. The van der Waals surface area contributed by atoms with Gasteiger partial charge in [-0.25, -0.2) is 4.98 Å². The van der Waals surface area contributed by atoms with Crippen molar-refractivity contribution >= 4 is 47.2 Å². The average molecular weight is 531 g/mol. The van der Waals surface area contributed by atoms with Crippen molar-refractivity contribution in [2.45, 2.75) is 20.5 Å². The van der Waals surface area contributed by atoms with Gasteiger partial charge in [0.25, 0.3) is 5.91 Å². The van der Waals surface area contributed by atoms with Gasteiger partial charge in [0, 0.05) is 26.7 Å². The van der Waals surface area contributed by atoms with Crippen molar-refractivity contribution in [2.75, 3.05) is 33.3 Å². The Hall–Kier alpha value is -1.72. The van der Waals surface area contributed by atoms with E-state index in [0.29, 0.717) is 43.1 Å². The fourth-order valence-corrected chi connectivity index (χ4v) is 3.18. The van der Waals surface area contributed by atoms with Gasteiger partial charge in [0.1, 0.15) is 4.88 Å². The Morgan fingerprint density at radius 1 is 1.21 bits per heavy atom. The van der Waals surface area contributed by atoms with Gasteiger partial charge in [-0.2, -0.15) is 0 Å². The van der Waals surface area contributed by atoms with E-state index in [9.17, 15) is 4.79 Å². The van der Waals surface area contributed by atoms with Crippen LogP contribution in [0.5, 0.6) is 0 Å². The van der Waals surface area contributed by atoms with E-state index in [-0.39, 0.29) is 29.9 Å². The molecule has 0 aliphatic heterocycles. The molecule has 29 heavy (non-hydrogen) atoms. The van der Waals surface area contributed by atoms with Crippen molar-refractivity contribution in [3.05, 3.63) is 52.0 Å². The molecule has 9 heteroatoms. The minimum absolute atomic E-state index is 0. The third kappa shape index (κ3) is 9.55. The number of thiazole rings is 1. The zero-order valence-corrected chi connectivity index (χ0v) is 20.3. The van der Waals surface area contributed by atoms with Gasteiger partial charge in [-0.1, -0.05) is 37.3 Å².